The number of para-hydroxylation sites is 1. The number of hydrogen-bond donors (Lipinski definition) is 1. The van der Waals surface area contributed by atoms with Gasteiger partial charge in [-0.3, -0.25) is 9.69 Å². The molecular weight excluding hydrogens is 308 g/mol. The number of hydrogen-bond acceptors (Lipinski definition) is 2. The molecule has 1 fully saturated rings. The van der Waals surface area contributed by atoms with Crippen molar-refractivity contribution in [1.29, 1.82) is 0 Å². The number of amides is 1. The van der Waals surface area contributed by atoms with Gasteiger partial charge in [-0.15, -0.1) is 0 Å². The van der Waals surface area contributed by atoms with Crippen LogP contribution in [0.2, 0.25) is 0 Å². The van der Waals surface area contributed by atoms with Crippen LogP contribution in [0.4, 0.5) is 5.69 Å². The van der Waals surface area contributed by atoms with E-state index < -0.39 is 0 Å². The zero-order chi connectivity index (χ0) is 17.6. The molecule has 1 N–H and O–H groups in total. The number of rotatable bonds is 5. The van der Waals surface area contributed by atoms with E-state index in [-0.39, 0.29) is 5.91 Å². The molecule has 0 saturated carbocycles. The molecule has 1 aliphatic rings. The van der Waals surface area contributed by atoms with Crippen molar-refractivity contribution in [1.82, 2.24) is 4.90 Å². The molecule has 3 heteroatoms. The number of anilines is 1. The zero-order valence-corrected chi connectivity index (χ0v) is 15.2. The summed E-state index contributed by atoms with van der Waals surface area (Å²) in [5, 5.41) is 3.14. The topological polar surface area (TPSA) is 32.3 Å². The van der Waals surface area contributed by atoms with E-state index in [0.717, 1.165) is 17.7 Å². The Morgan fingerprint density at radius 1 is 1.00 bits per heavy atom. The predicted molar refractivity (Wildman–Crippen MR) is 104 cm³/mol. The molecule has 0 radical (unpaired) electrons. The fraction of sp³-hybridized carbons (Fsp3) is 0.409. The van der Waals surface area contributed by atoms with Gasteiger partial charge in [-0.1, -0.05) is 55.0 Å². The van der Waals surface area contributed by atoms with Crippen molar-refractivity contribution in [2.45, 2.75) is 51.6 Å². The number of likely N-dealkylation sites (tertiary alicyclic amines) is 1. The average molecular weight is 336 g/mol. The Kier molecular flexibility index (Phi) is 5.87. The lowest BCUT2D eigenvalue weighted by Gasteiger charge is -2.38. The van der Waals surface area contributed by atoms with E-state index in [9.17, 15) is 4.79 Å². The summed E-state index contributed by atoms with van der Waals surface area (Å²) in [7, 11) is 0. The van der Waals surface area contributed by atoms with Crippen LogP contribution in [0.1, 0.15) is 44.2 Å². The molecule has 3 nitrogen and oxygen atoms in total. The van der Waals surface area contributed by atoms with Crippen LogP contribution >= 0.6 is 0 Å². The summed E-state index contributed by atoms with van der Waals surface area (Å²) in [5.41, 5.74) is 3.33. The third kappa shape index (κ3) is 4.70. The summed E-state index contributed by atoms with van der Waals surface area (Å²) in [5.74, 6) is 0.0844. The first-order valence-electron chi connectivity index (χ1n) is 9.31. The van der Waals surface area contributed by atoms with Crippen molar-refractivity contribution >= 4 is 11.6 Å². The van der Waals surface area contributed by atoms with Crippen molar-refractivity contribution in [2.24, 2.45) is 0 Å². The second-order valence-electron chi connectivity index (χ2n) is 7.17. The highest BCUT2D eigenvalue weighted by Gasteiger charge is 2.26. The average Bonchev–Trinajstić information content (AvgIpc) is 2.61. The van der Waals surface area contributed by atoms with Gasteiger partial charge in [0.25, 0.3) is 0 Å². The second kappa shape index (κ2) is 8.30. The Hall–Kier alpha value is -2.13. The number of nitrogens with one attached hydrogen (secondary N) is 1. The number of benzene rings is 2. The molecule has 0 spiro atoms. The maximum atomic E-state index is 12.6. The smallest absolute Gasteiger partial charge is 0.238 e. The van der Waals surface area contributed by atoms with E-state index >= 15 is 0 Å². The van der Waals surface area contributed by atoms with E-state index in [2.05, 4.69) is 54.4 Å². The van der Waals surface area contributed by atoms with Crippen LogP contribution in [0, 0.1) is 0 Å². The Balaban J connectivity index is 1.67. The fourth-order valence-electron chi connectivity index (χ4n) is 3.75. The molecule has 1 saturated heterocycles. The quantitative estimate of drug-likeness (QED) is 0.873. The molecule has 1 aliphatic heterocycles. The van der Waals surface area contributed by atoms with Gasteiger partial charge in [-0.05, 0) is 50.3 Å². The van der Waals surface area contributed by atoms with E-state index in [1.807, 2.05) is 24.3 Å². The Morgan fingerprint density at radius 2 is 1.64 bits per heavy atom. The van der Waals surface area contributed by atoms with Crippen LogP contribution in [0.5, 0.6) is 0 Å². The third-order valence-electron chi connectivity index (χ3n) is 5.23. The van der Waals surface area contributed by atoms with Gasteiger partial charge in [0, 0.05) is 17.8 Å². The first-order chi connectivity index (χ1) is 12.1. The van der Waals surface area contributed by atoms with Crippen LogP contribution in [-0.4, -0.2) is 29.4 Å². The second-order valence-corrected chi connectivity index (χ2v) is 7.17. The lowest BCUT2D eigenvalue weighted by atomic mass is 9.97. The highest BCUT2D eigenvalue weighted by molar-refractivity contribution is 5.93. The predicted octanol–water partition coefficient (Wildman–Crippen LogP) is 4.48. The van der Waals surface area contributed by atoms with E-state index in [0.29, 0.717) is 18.6 Å². The van der Waals surface area contributed by atoms with Crippen molar-refractivity contribution in [3.05, 3.63) is 65.7 Å². The molecule has 2 aromatic rings. The maximum Gasteiger partial charge on any atom is 0.238 e. The molecule has 3 rings (SSSR count). The van der Waals surface area contributed by atoms with Crippen LogP contribution in [0.3, 0.4) is 0 Å². The standard InChI is InChI=1S/C22H28N2O/c1-17-9-8-10-18(2)24(17)16-22(25)23-21-14-7-6-13-20(21)15-19-11-4-3-5-12-19/h3-7,11-14,17-18H,8-10,15-16H2,1-2H3,(H,23,25)/t17-,18+. The summed E-state index contributed by atoms with van der Waals surface area (Å²) in [6.45, 7) is 4.93. The maximum absolute atomic E-state index is 12.6. The van der Waals surface area contributed by atoms with Crippen molar-refractivity contribution in [3.63, 3.8) is 0 Å². The summed E-state index contributed by atoms with van der Waals surface area (Å²) in [6, 6.07) is 19.4. The molecule has 132 valence electrons. The number of carbonyl (C=O) groups is 1. The minimum absolute atomic E-state index is 0.0844. The van der Waals surface area contributed by atoms with E-state index in [1.165, 1.54) is 24.8 Å². The minimum Gasteiger partial charge on any atom is -0.325 e. The van der Waals surface area contributed by atoms with Gasteiger partial charge in [-0.25, -0.2) is 0 Å². The molecule has 25 heavy (non-hydrogen) atoms. The summed E-state index contributed by atoms with van der Waals surface area (Å²) < 4.78 is 0. The molecular formula is C22H28N2O. The Labute approximate surface area is 151 Å². The number of nitrogens with zero attached hydrogens (tertiary/aromatic N) is 1. The summed E-state index contributed by atoms with van der Waals surface area (Å²) in [4.78, 5) is 15.0. The summed E-state index contributed by atoms with van der Waals surface area (Å²) in [6.07, 6.45) is 4.46. The lowest BCUT2D eigenvalue weighted by Crippen LogP contribution is -2.47. The van der Waals surface area contributed by atoms with Crippen LogP contribution < -0.4 is 5.32 Å². The molecule has 2 atom stereocenters. The fourth-order valence-corrected chi connectivity index (χ4v) is 3.75. The largest absolute Gasteiger partial charge is 0.325 e. The SMILES string of the molecule is C[C@@H]1CCC[C@H](C)N1CC(=O)Nc1ccccc1Cc1ccccc1. The highest BCUT2D eigenvalue weighted by Crippen LogP contribution is 2.23. The van der Waals surface area contributed by atoms with Gasteiger partial charge >= 0.3 is 0 Å². The first kappa shape index (κ1) is 17.7. The minimum atomic E-state index is 0.0844. The van der Waals surface area contributed by atoms with E-state index in [1.54, 1.807) is 0 Å². The number of piperidine rings is 1. The molecule has 1 amide bonds. The Bertz CT molecular complexity index is 688. The van der Waals surface area contributed by atoms with Crippen molar-refractivity contribution < 1.29 is 4.79 Å². The summed E-state index contributed by atoms with van der Waals surface area (Å²) >= 11 is 0. The first-order valence-corrected chi connectivity index (χ1v) is 9.31. The normalized spacial score (nSPS) is 21.0. The molecule has 0 bridgehead atoms. The molecule has 0 unspecified atom stereocenters. The molecule has 0 aromatic heterocycles. The number of carbonyl (C=O) groups excluding carboxylic acids is 1. The molecule has 1 heterocycles. The monoisotopic (exact) mass is 336 g/mol. The lowest BCUT2D eigenvalue weighted by molar-refractivity contribution is -0.118. The highest BCUT2D eigenvalue weighted by atomic mass is 16.2. The van der Waals surface area contributed by atoms with Crippen molar-refractivity contribution in [3.8, 4) is 0 Å². The Morgan fingerprint density at radius 3 is 2.36 bits per heavy atom. The van der Waals surface area contributed by atoms with Gasteiger partial charge in [0.05, 0.1) is 6.54 Å². The van der Waals surface area contributed by atoms with Crippen LogP contribution in [-0.2, 0) is 11.2 Å². The van der Waals surface area contributed by atoms with Gasteiger partial charge in [0.15, 0.2) is 0 Å². The molecule has 2 aromatic carbocycles. The van der Waals surface area contributed by atoms with Crippen LogP contribution in [0.15, 0.2) is 54.6 Å². The van der Waals surface area contributed by atoms with Crippen molar-refractivity contribution in [2.75, 3.05) is 11.9 Å². The zero-order valence-electron chi connectivity index (χ0n) is 15.2. The molecule has 0 aliphatic carbocycles. The van der Waals surface area contributed by atoms with Gasteiger partial charge in [-0.2, -0.15) is 0 Å². The van der Waals surface area contributed by atoms with E-state index in [4.69, 9.17) is 0 Å². The third-order valence-corrected chi connectivity index (χ3v) is 5.23. The van der Waals surface area contributed by atoms with Gasteiger partial charge in [0.1, 0.15) is 0 Å². The van der Waals surface area contributed by atoms with Gasteiger partial charge in [0.2, 0.25) is 5.91 Å². The van der Waals surface area contributed by atoms with Crippen LogP contribution in [0.25, 0.3) is 0 Å². The van der Waals surface area contributed by atoms with Gasteiger partial charge < -0.3 is 5.32 Å².